The maximum absolute atomic E-state index is 11.0. The van der Waals surface area contributed by atoms with Crippen LogP contribution in [0.2, 0.25) is 0 Å². The van der Waals surface area contributed by atoms with Crippen LogP contribution in [-0.2, 0) is 5.41 Å². The summed E-state index contributed by atoms with van der Waals surface area (Å²) < 4.78 is 2.05. The van der Waals surface area contributed by atoms with Crippen molar-refractivity contribution in [2.45, 2.75) is 40.0 Å². The van der Waals surface area contributed by atoms with Crippen LogP contribution in [0.25, 0.3) is 5.13 Å². The molecule has 0 aliphatic rings. The molecule has 0 N–H and O–H groups in total. The third-order valence-electron chi connectivity index (χ3n) is 3.05. The molecule has 0 saturated heterocycles. The van der Waals surface area contributed by atoms with Crippen molar-refractivity contribution in [2.75, 3.05) is 0 Å². The van der Waals surface area contributed by atoms with Gasteiger partial charge in [-0.25, -0.2) is 4.98 Å². The third-order valence-corrected chi connectivity index (χ3v) is 3.87. The molecule has 96 valence electrons. The van der Waals surface area contributed by atoms with E-state index in [1.165, 1.54) is 0 Å². The van der Waals surface area contributed by atoms with Gasteiger partial charge in [0.2, 0.25) is 0 Å². The van der Waals surface area contributed by atoms with Crippen molar-refractivity contribution in [1.82, 2.24) is 9.55 Å². The maximum Gasteiger partial charge on any atom is 0.194 e. The zero-order valence-electron chi connectivity index (χ0n) is 11.4. The SMILES string of the molecule is Cc1cc(C=O)c(C)n1-c1nc(C(C)(C)C)cs1. The van der Waals surface area contributed by atoms with Gasteiger partial charge in [-0.3, -0.25) is 9.36 Å². The van der Waals surface area contributed by atoms with Gasteiger partial charge < -0.3 is 0 Å². The number of hydrogen-bond donors (Lipinski definition) is 0. The Morgan fingerprint density at radius 1 is 1.33 bits per heavy atom. The topological polar surface area (TPSA) is 34.9 Å². The monoisotopic (exact) mass is 262 g/mol. The van der Waals surface area contributed by atoms with Crippen LogP contribution in [-0.4, -0.2) is 15.8 Å². The minimum atomic E-state index is 0.0528. The fourth-order valence-electron chi connectivity index (χ4n) is 1.91. The predicted octanol–water partition coefficient (Wildman–Crippen LogP) is 3.66. The smallest absolute Gasteiger partial charge is 0.194 e. The van der Waals surface area contributed by atoms with Gasteiger partial charge in [0.25, 0.3) is 0 Å². The molecule has 0 aromatic carbocycles. The van der Waals surface area contributed by atoms with Gasteiger partial charge in [0.05, 0.1) is 5.69 Å². The first-order valence-corrected chi connectivity index (χ1v) is 6.83. The van der Waals surface area contributed by atoms with Crippen LogP contribution >= 0.6 is 11.3 Å². The molecule has 0 radical (unpaired) electrons. The van der Waals surface area contributed by atoms with Crippen LogP contribution in [0, 0.1) is 13.8 Å². The number of aldehydes is 1. The molecule has 0 atom stereocenters. The molecule has 2 aromatic rings. The van der Waals surface area contributed by atoms with Crippen molar-refractivity contribution < 1.29 is 4.79 Å². The molecular weight excluding hydrogens is 244 g/mol. The van der Waals surface area contributed by atoms with Crippen LogP contribution in [0.3, 0.4) is 0 Å². The lowest BCUT2D eigenvalue weighted by Crippen LogP contribution is -2.12. The highest BCUT2D eigenvalue weighted by atomic mass is 32.1. The highest BCUT2D eigenvalue weighted by Crippen LogP contribution is 2.28. The first-order valence-electron chi connectivity index (χ1n) is 5.95. The summed E-state index contributed by atoms with van der Waals surface area (Å²) in [5.41, 5.74) is 3.88. The molecule has 0 unspecified atom stereocenters. The van der Waals surface area contributed by atoms with Crippen molar-refractivity contribution in [1.29, 1.82) is 0 Å². The Morgan fingerprint density at radius 2 is 2.00 bits per heavy atom. The average Bonchev–Trinajstić information content (AvgIpc) is 2.83. The van der Waals surface area contributed by atoms with Crippen LogP contribution in [0.1, 0.15) is 48.2 Å². The van der Waals surface area contributed by atoms with Crippen LogP contribution in [0.4, 0.5) is 0 Å². The Labute approximate surface area is 111 Å². The number of thiazole rings is 1. The van der Waals surface area contributed by atoms with Crippen LogP contribution < -0.4 is 0 Å². The molecule has 0 amide bonds. The quantitative estimate of drug-likeness (QED) is 0.774. The lowest BCUT2D eigenvalue weighted by atomic mass is 9.93. The van der Waals surface area contributed by atoms with Gasteiger partial charge in [-0.1, -0.05) is 20.8 Å². The normalized spacial score (nSPS) is 11.8. The van der Waals surface area contributed by atoms with Crippen molar-refractivity contribution in [3.05, 3.63) is 34.1 Å². The molecule has 0 bridgehead atoms. The Bertz CT molecular complexity index is 587. The first kappa shape index (κ1) is 13.0. The third kappa shape index (κ3) is 2.12. The molecular formula is C14H18N2OS. The Kier molecular flexibility index (Phi) is 3.15. The van der Waals surface area contributed by atoms with E-state index in [-0.39, 0.29) is 5.41 Å². The van der Waals surface area contributed by atoms with E-state index in [2.05, 4.69) is 31.1 Å². The maximum atomic E-state index is 11.0. The van der Waals surface area contributed by atoms with Crippen molar-refractivity contribution in [3.8, 4) is 5.13 Å². The van der Waals surface area contributed by atoms with E-state index < -0.39 is 0 Å². The summed E-state index contributed by atoms with van der Waals surface area (Å²) in [4.78, 5) is 15.6. The van der Waals surface area contributed by atoms with E-state index >= 15 is 0 Å². The van der Waals surface area contributed by atoms with E-state index in [4.69, 9.17) is 0 Å². The van der Waals surface area contributed by atoms with E-state index in [0.717, 1.165) is 34.1 Å². The van der Waals surface area contributed by atoms with Crippen LogP contribution in [0.15, 0.2) is 11.4 Å². The Balaban J connectivity index is 2.53. The average molecular weight is 262 g/mol. The standard InChI is InChI=1S/C14H18N2OS/c1-9-6-11(7-17)10(2)16(9)13-15-12(8-18-13)14(3,4)5/h6-8H,1-5H3. The second-order valence-corrected chi connectivity index (χ2v) is 6.38. The van der Waals surface area contributed by atoms with Crippen molar-refractivity contribution in [3.63, 3.8) is 0 Å². The van der Waals surface area contributed by atoms with E-state index in [1.54, 1.807) is 11.3 Å². The number of carbonyl (C=O) groups is 1. The van der Waals surface area contributed by atoms with Gasteiger partial charge in [-0.05, 0) is 19.9 Å². The molecule has 3 nitrogen and oxygen atoms in total. The van der Waals surface area contributed by atoms with Gasteiger partial charge in [0, 0.05) is 27.7 Å². The summed E-state index contributed by atoms with van der Waals surface area (Å²) in [7, 11) is 0. The molecule has 2 heterocycles. The molecule has 2 aromatic heterocycles. The largest absolute Gasteiger partial charge is 0.298 e. The van der Waals surface area contributed by atoms with Gasteiger partial charge >= 0.3 is 0 Å². The summed E-state index contributed by atoms with van der Waals surface area (Å²) in [5.74, 6) is 0. The lowest BCUT2D eigenvalue weighted by Gasteiger charge is -2.14. The summed E-state index contributed by atoms with van der Waals surface area (Å²) in [5, 5.41) is 3.03. The molecule has 0 saturated carbocycles. The van der Waals surface area contributed by atoms with Gasteiger partial charge in [0.1, 0.15) is 0 Å². The molecule has 4 heteroatoms. The van der Waals surface area contributed by atoms with Gasteiger partial charge in [-0.2, -0.15) is 0 Å². The zero-order valence-corrected chi connectivity index (χ0v) is 12.3. The molecule has 0 spiro atoms. The summed E-state index contributed by atoms with van der Waals surface area (Å²) in [6, 6.07) is 1.90. The van der Waals surface area contributed by atoms with Gasteiger partial charge in [-0.15, -0.1) is 11.3 Å². The fraction of sp³-hybridized carbons (Fsp3) is 0.429. The highest BCUT2D eigenvalue weighted by Gasteiger charge is 2.19. The van der Waals surface area contributed by atoms with Gasteiger partial charge in [0.15, 0.2) is 11.4 Å². The minimum Gasteiger partial charge on any atom is -0.298 e. The van der Waals surface area contributed by atoms with Crippen molar-refractivity contribution >= 4 is 17.6 Å². The summed E-state index contributed by atoms with van der Waals surface area (Å²) >= 11 is 1.62. The number of carbonyl (C=O) groups excluding carboxylic acids is 1. The van der Waals surface area contributed by atoms with E-state index in [9.17, 15) is 4.79 Å². The number of aromatic nitrogens is 2. The molecule has 0 aliphatic carbocycles. The van der Waals surface area contributed by atoms with E-state index in [0.29, 0.717) is 0 Å². The number of nitrogens with zero attached hydrogens (tertiary/aromatic N) is 2. The molecule has 0 fully saturated rings. The number of hydrogen-bond acceptors (Lipinski definition) is 3. The second-order valence-electron chi connectivity index (χ2n) is 5.55. The Hall–Kier alpha value is -1.42. The number of rotatable bonds is 2. The molecule has 0 aliphatic heterocycles. The summed E-state index contributed by atoms with van der Waals surface area (Å²) in [6.45, 7) is 10.4. The highest BCUT2D eigenvalue weighted by molar-refractivity contribution is 7.12. The number of aryl methyl sites for hydroxylation is 1. The van der Waals surface area contributed by atoms with Crippen molar-refractivity contribution in [2.24, 2.45) is 0 Å². The fourth-order valence-corrected chi connectivity index (χ4v) is 3.07. The zero-order chi connectivity index (χ0) is 13.5. The summed E-state index contributed by atoms with van der Waals surface area (Å²) in [6.07, 6.45) is 0.900. The minimum absolute atomic E-state index is 0.0528. The Morgan fingerprint density at radius 3 is 2.44 bits per heavy atom. The predicted molar refractivity (Wildman–Crippen MR) is 75.0 cm³/mol. The second kappa shape index (κ2) is 4.35. The molecule has 18 heavy (non-hydrogen) atoms. The molecule has 2 rings (SSSR count). The lowest BCUT2D eigenvalue weighted by molar-refractivity contribution is 0.112. The van der Waals surface area contributed by atoms with E-state index in [1.807, 2.05) is 24.5 Å². The van der Waals surface area contributed by atoms with Crippen LogP contribution in [0.5, 0.6) is 0 Å². The first-order chi connectivity index (χ1) is 8.34.